The lowest BCUT2D eigenvalue weighted by Gasteiger charge is -2.43. The average molecular weight is 418 g/mol. The minimum Gasteiger partial charge on any atom is -0.384 e. The number of carbonyl (C=O) groups is 1. The number of nitrogens with zero attached hydrogens (tertiary/aromatic N) is 2. The Kier molecular flexibility index (Phi) is 5.07. The molecular weight excluding hydrogens is 390 g/mol. The number of rotatable bonds is 3. The summed E-state index contributed by atoms with van der Waals surface area (Å²) in [5.74, 6) is 0.174. The Morgan fingerprint density at radius 2 is 1.90 bits per heavy atom. The number of allylic oxidation sites excluding steroid dienone is 3. The van der Waals surface area contributed by atoms with Crippen LogP contribution in [0.3, 0.4) is 0 Å². The van der Waals surface area contributed by atoms with E-state index in [1.54, 1.807) is 11.3 Å². The third kappa shape index (κ3) is 3.36. The number of aryl methyl sites for hydroxylation is 2. The molecule has 0 fully saturated rings. The molecule has 0 radical (unpaired) electrons. The van der Waals surface area contributed by atoms with Crippen molar-refractivity contribution in [2.24, 2.45) is 11.1 Å². The lowest BCUT2D eigenvalue weighted by molar-refractivity contribution is -0.118. The third-order valence-corrected chi connectivity index (χ3v) is 7.09. The number of anilines is 1. The summed E-state index contributed by atoms with van der Waals surface area (Å²) < 4.78 is 0. The van der Waals surface area contributed by atoms with Gasteiger partial charge in [-0.15, -0.1) is 11.3 Å². The van der Waals surface area contributed by atoms with Gasteiger partial charge >= 0.3 is 0 Å². The van der Waals surface area contributed by atoms with E-state index in [1.807, 2.05) is 36.1 Å². The first-order valence-electron chi connectivity index (χ1n) is 10.4. The van der Waals surface area contributed by atoms with Crippen molar-refractivity contribution in [2.75, 3.05) is 4.90 Å². The minimum absolute atomic E-state index is 0.118. The molecule has 0 saturated heterocycles. The van der Waals surface area contributed by atoms with Crippen LogP contribution in [0.4, 0.5) is 5.69 Å². The van der Waals surface area contributed by atoms with Crippen molar-refractivity contribution in [3.63, 3.8) is 0 Å². The second-order valence-electron chi connectivity index (χ2n) is 8.95. The number of nitrogens with two attached hydrogens (primary N) is 1. The zero-order chi connectivity index (χ0) is 21.6. The fourth-order valence-corrected chi connectivity index (χ4v) is 5.58. The summed E-state index contributed by atoms with van der Waals surface area (Å²) in [4.78, 5) is 17.5. The fourth-order valence-electron chi connectivity index (χ4n) is 4.58. The maximum absolute atomic E-state index is 13.4. The Morgan fingerprint density at radius 3 is 2.47 bits per heavy atom. The first-order chi connectivity index (χ1) is 14.3. The predicted octanol–water partition coefficient (Wildman–Crippen LogP) is 5.56. The highest BCUT2D eigenvalue weighted by Gasteiger charge is 2.45. The van der Waals surface area contributed by atoms with Crippen LogP contribution in [0.15, 0.2) is 59.1 Å². The number of thiophene rings is 1. The summed E-state index contributed by atoms with van der Waals surface area (Å²) in [5.41, 5.74) is 10.8. The molecule has 4 nitrogen and oxygen atoms in total. The summed E-state index contributed by atoms with van der Waals surface area (Å²) in [7, 11) is 0. The number of ketones is 1. The molecule has 1 aliphatic heterocycles. The van der Waals surface area contributed by atoms with E-state index >= 15 is 0 Å². The third-order valence-electron chi connectivity index (χ3n) is 6.03. The molecule has 1 unspecified atom stereocenters. The quantitative estimate of drug-likeness (QED) is 0.710. The van der Waals surface area contributed by atoms with Crippen molar-refractivity contribution in [1.29, 1.82) is 5.26 Å². The smallest absolute Gasteiger partial charge is 0.162 e. The molecular formula is C25H27N3OS. The second kappa shape index (κ2) is 7.45. The molecule has 154 valence electrons. The number of Topliss-reactive ketones (excluding diaryl/α,β-unsaturated/α-hetero) is 1. The molecule has 0 bridgehead atoms. The lowest BCUT2D eigenvalue weighted by Crippen LogP contribution is -2.42. The Balaban J connectivity index is 1.96. The molecule has 2 N–H and O–H groups in total. The van der Waals surface area contributed by atoms with E-state index in [-0.39, 0.29) is 17.1 Å². The average Bonchev–Trinajstić information content (AvgIpc) is 3.12. The first-order valence-corrected chi connectivity index (χ1v) is 11.2. The van der Waals surface area contributed by atoms with Crippen molar-refractivity contribution in [3.05, 3.63) is 74.4 Å². The van der Waals surface area contributed by atoms with Crippen LogP contribution >= 0.6 is 11.3 Å². The van der Waals surface area contributed by atoms with Gasteiger partial charge in [0.05, 0.1) is 17.6 Å². The van der Waals surface area contributed by atoms with Gasteiger partial charge in [-0.3, -0.25) is 9.69 Å². The van der Waals surface area contributed by atoms with Gasteiger partial charge in [0.25, 0.3) is 0 Å². The van der Waals surface area contributed by atoms with Crippen LogP contribution < -0.4 is 10.6 Å². The molecule has 5 heteroatoms. The van der Waals surface area contributed by atoms with E-state index < -0.39 is 0 Å². The van der Waals surface area contributed by atoms with Crippen molar-refractivity contribution < 1.29 is 4.79 Å². The van der Waals surface area contributed by atoms with Crippen molar-refractivity contribution in [2.45, 2.75) is 52.9 Å². The number of carbonyl (C=O) groups excluding carboxylic acids is 1. The number of hydrogen-bond donors (Lipinski definition) is 1. The van der Waals surface area contributed by atoms with Gasteiger partial charge in [-0.05, 0) is 55.0 Å². The molecule has 1 aromatic heterocycles. The second-order valence-corrected chi connectivity index (χ2v) is 10.3. The maximum Gasteiger partial charge on any atom is 0.162 e. The van der Waals surface area contributed by atoms with Crippen LogP contribution in [0.2, 0.25) is 0 Å². The lowest BCUT2D eigenvalue weighted by atomic mass is 9.69. The standard InChI is InChI=1S/C25H27N3OS/c1-5-16-7-9-17(10-8-16)28-19-12-25(3,4)13-20(29)23(19)22(18(14-26)24(28)27)21-11-6-15(2)30-21/h6-11,22H,5,12-13,27H2,1-4H3. The van der Waals surface area contributed by atoms with E-state index in [9.17, 15) is 10.1 Å². The van der Waals surface area contributed by atoms with Gasteiger partial charge in [0, 0.05) is 33.1 Å². The van der Waals surface area contributed by atoms with E-state index in [1.165, 1.54) is 5.56 Å². The van der Waals surface area contributed by atoms with Crippen molar-refractivity contribution >= 4 is 22.8 Å². The van der Waals surface area contributed by atoms with Gasteiger partial charge in [0.2, 0.25) is 0 Å². The number of nitriles is 1. The molecule has 4 rings (SSSR count). The molecule has 0 saturated carbocycles. The maximum atomic E-state index is 13.4. The largest absolute Gasteiger partial charge is 0.384 e. The molecule has 1 aliphatic carbocycles. The van der Waals surface area contributed by atoms with Gasteiger partial charge in [0.15, 0.2) is 5.78 Å². The molecule has 2 aliphatic rings. The van der Waals surface area contributed by atoms with Crippen LogP contribution in [0.1, 0.15) is 54.8 Å². The zero-order valence-corrected chi connectivity index (χ0v) is 18.8. The summed E-state index contributed by atoms with van der Waals surface area (Å²) in [6.45, 7) is 8.40. The SMILES string of the molecule is CCc1ccc(N2C(N)=C(C#N)C(c3ccc(C)s3)C3=C2CC(C)(C)CC3=O)cc1. The highest BCUT2D eigenvalue weighted by atomic mass is 32.1. The van der Waals surface area contributed by atoms with E-state index in [4.69, 9.17) is 5.73 Å². The van der Waals surface area contributed by atoms with Gasteiger partial charge in [-0.25, -0.2) is 0 Å². The van der Waals surface area contributed by atoms with Crippen LogP contribution in [-0.2, 0) is 11.2 Å². The van der Waals surface area contributed by atoms with Gasteiger partial charge in [-0.2, -0.15) is 5.26 Å². The van der Waals surface area contributed by atoms with Crippen LogP contribution in [0.5, 0.6) is 0 Å². The Bertz CT molecular complexity index is 1110. The van der Waals surface area contributed by atoms with E-state index in [2.05, 4.69) is 39.0 Å². The highest BCUT2D eigenvalue weighted by Crippen LogP contribution is 2.51. The predicted molar refractivity (Wildman–Crippen MR) is 122 cm³/mol. The van der Waals surface area contributed by atoms with Crippen molar-refractivity contribution in [1.82, 2.24) is 0 Å². The van der Waals surface area contributed by atoms with Gasteiger partial charge in [-0.1, -0.05) is 32.9 Å². The van der Waals surface area contributed by atoms with Crippen LogP contribution in [-0.4, -0.2) is 5.78 Å². The number of hydrogen-bond acceptors (Lipinski definition) is 5. The fraction of sp³-hybridized carbons (Fsp3) is 0.360. The Labute approximate surface area is 182 Å². The highest BCUT2D eigenvalue weighted by molar-refractivity contribution is 7.12. The Morgan fingerprint density at radius 1 is 1.20 bits per heavy atom. The van der Waals surface area contributed by atoms with Crippen LogP contribution in [0, 0.1) is 23.7 Å². The summed E-state index contributed by atoms with van der Waals surface area (Å²) in [6.07, 6.45) is 2.17. The normalized spacial score (nSPS) is 21.0. The van der Waals surface area contributed by atoms with E-state index in [0.717, 1.165) is 39.6 Å². The Hall–Kier alpha value is -2.84. The molecule has 2 aromatic rings. The molecule has 1 aromatic carbocycles. The molecule has 0 spiro atoms. The molecule has 2 heterocycles. The van der Waals surface area contributed by atoms with Gasteiger partial charge in [0.1, 0.15) is 5.82 Å². The number of benzene rings is 1. The summed E-state index contributed by atoms with van der Waals surface area (Å²) >= 11 is 1.63. The summed E-state index contributed by atoms with van der Waals surface area (Å²) in [5, 5.41) is 10.1. The minimum atomic E-state index is -0.376. The first kappa shape index (κ1) is 20.4. The van der Waals surface area contributed by atoms with Gasteiger partial charge < -0.3 is 5.73 Å². The summed E-state index contributed by atoms with van der Waals surface area (Å²) in [6, 6.07) is 14.6. The molecule has 30 heavy (non-hydrogen) atoms. The monoisotopic (exact) mass is 417 g/mol. The topological polar surface area (TPSA) is 70.1 Å². The zero-order valence-electron chi connectivity index (χ0n) is 18.0. The van der Waals surface area contributed by atoms with Crippen molar-refractivity contribution in [3.8, 4) is 6.07 Å². The van der Waals surface area contributed by atoms with E-state index in [0.29, 0.717) is 17.8 Å². The molecule has 0 amide bonds. The van der Waals surface area contributed by atoms with Crippen LogP contribution in [0.25, 0.3) is 0 Å². The molecule has 1 atom stereocenters.